The number of hydrogen-bond donors (Lipinski definition) is 1. The third-order valence-corrected chi connectivity index (χ3v) is 4.26. The summed E-state index contributed by atoms with van der Waals surface area (Å²) in [5.74, 6) is -6.10. The third-order valence-electron chi connectivity index (χ3n) is 4.26. The Morgan fingerprint density at radius 1 is 1.19 bits per heavy atom. The molecule has 1 aliphatic rings. The number of anilines is 1. The van der Waals surface area contributed by atoms with Crippen LogP contribution in [0.5, 0.6) is 0 Å². The first-order valence-corrected chi connectivity index (χ1v) is 8.08. The number of amides is 1. The molecule has 8 heteroatoms. The monoisotopic (exact) mass is 366 g/mol. The molecule has 3 rings (SSSR count). The molecule has 0 aliphatic heterocycles. The molecule has 1 saturated carbocycles. The summed E-state index contributed by atoms with van der Waals surface area (Å²) < 4.78 is 46.6. The van der Waals surface area contributed by atoms with Crippen LogP contribution in [0.4, 0.5) is 18.9 Å². The Morgan fingerprint density at radius 3 is 2.54 bits per heavy atom. The Labute approximate surface area is 147 Å². The minimum absolute atomic E-state index is 0.362. The van der Waals surface area contributed by atoms with Gasteiger partial charge in [0.25, 0.3) is 5.91 Å². The van der Waals surface area contributed by atoms with Gasteiger partial charge in [-0.2, -0.15) is 0 Å². The third kappa shape index (κ3) is 3.44. The summed E-state index contributed by atoms with van der Waals surface area (Å²) in [7, 11) is 0. The number of nitrogens with one attached hydrogen (secondary N) is 1. The van der Waals surface area contributed by atoms with Crippen molar-refractivity contribution in [2.45, 2.75) is 32.7 Å². The van der Waals surface area contributed by atoms with E-state index in [4.69, 9.17) is 4.74 Å². The minimum atomic E-state index is -1.69. The second-order valence-corrected chi connectivity index (χ2v) is 6.23. The summed E-state index contributed by atoms with van der Waals surface area (Å²) in [5, 5.41) is 2.04. The average Bonchev–Trinajstić information content (AvgIpc) is 3.38. The zero-order valence-corrected chi connectivity index (χ0v) is 14.2. The number of ether oxygens (including phenoxy) is 1. The van der Waals surface area contributed by atoms with Crippen LogP contribution in [0.1, 0.15) is 40.6 Å². The van der Waals surface area contributed by atoms with Crippen molar-refractivity contribution in [3.05, 3.63) is 52.6 Å². The maximum absolute atomic E-state index is 13.5. The van der Waals surface area contributed by atoms with Gasteiger partial charge in [0.2, 0.25) is 0 Å². The van der Waals surface area contributed by atoms with Crippen LogP contribution < -0.4 is 5.32 Å². The van der Waals surface area contributed by atoms with Crippen molar-refractivity contribution >= 4 is 17.6 Å². The van der Waals surface area contributed by atoms with Crippen LogP contribution in [0, 0.1) is 31.3 Å². The maximum Gasteiger partial charge on any atom is 0.340 e. The fourth-order valence-corrected chi connectivity index (χ4v) is 2.90. The first-order chi connectivity index (χ1) is 12.3. The first-order valence-electron chi connectivity index (χ1n) is 8.08. The predicted octanol–water partition coefficient (Wildman–Crippen LogP) is 3.65. The lowest BCUT2D eigenvalue weighted by Gasteiger charge is -2.09. The first kappa shape index (κ1) is 18.0. The second-order valence-electron chi connectivity index (χ2n) is 6.23. The van der Waals surface area contributed by atoms with E-state index in [0.29, 0.717) is 17.7 Å². The van der Waals surface area contributed by atoms with E-state index in [9.17, 15) is 22.8 Å². The molecule has 2 aromatic rings. The Kier molecular flexibility index (Phi) is 4.76. The molecule has 0 saturated heterocycles. The van der Waals surface area contributed by atoms with Gasteiger partial charge >= 0.3 is 5.97 Å². The molecule has 1 aliphatic carbocycles. The highest BCUT2D eigenvalue weighted by Crippen LogP contribution is 2.38. The van der Waals surface area contributed by atoms with Crippen molar-refractivity contribution in [2.24, 2.45) is 0 Å². The molecule has 0 bridgehead atoms. The molecule has 1 amide bonds. The number of nitrogens with zero attached hydrogens (tertiary/aromatic N) is 1. The summed E-state index contributed by atoms with van der Waals surface area (Å²) in [6.07, 6.45) is 2.13. The summed E-state index contributed by atoms with van der Waals surface area (Å²) in [4.78, 5) is 24.0. The number of rotatable bonds is 5. The Bertz CT molecular complexity index is 888. The lowest BCUT2D eigenvalue weighted by molar-refractivity contribution is -0.119. The van der Waals surface area contributed by atoms with E-state index in [-0.39, 0.29) is 0 Å². The summed E-state index contributed by atoms with van der Waals surface area (Å²) in [6.45, 7) is 3.02. The molecular weight excluding hydrogens is 349 g/mol. The number of halogens is 3. The summed E-state index contributed by atoms with van der Waals surface area (Å²) >= 11 is 0. The Balaban J connectivity index is 1.62. The number of hydrogen-bond acceptors (Lipinski definition) is 3. The van der Waals surface area contributed by atoms with Gasteiger partial charge in [-0.15, -0.1) is 0 Å². The van der Waals surface area contributed by atoms with E-state index in [1.54, 1.807) is 13.0 Å². The van der Waals surface area contributed by atoms with Gasteiger partial charge in [-0.05, 0) is 44.9 Å². The van der Waals surface area contributed by atoms with Crippen molar-refractivity contribution in [1.82, 2.24) is 4.57 Å². The highest BCUT2D eigenvalue weighted by molar-refractivity contribution is 5.96. The number of aromatic nitrogens is 1. The molecule has 1 heterocycles. The molecule has 0 radical (unpaired) electrons. The molecule has 1 fully saturated rings. The summed E-state index contributed by atoms with van der Waals surface area (Å²) in [6, 6.07) is 3.67. The molecule has 1 N–H and O–H groups in total. The lowest BCUT2D eigenvalue weighted by Crippen LogP contribution is -2.22. The molecule has 5 nitrogen and oxygen atoms in total. The van der Waals surface area contributed by atoms with E-state index in [1.807, 2.05) is 12.2 Å². The van der Waals surface area contributed by atoms with E-state index in [2.05, 4.69) is 4.57 Å². The standard InChI is InChI=1S/C18H17F3N2O3/c1-9-7-12(10(2)23(9)11-3-4-11)18(25)26-8-15(24)22-14-6-5-13(19)16(20)17(14)21/h5-7,11H,3-4,8H2,1-2H3,(H,22,24). The zero-order chi connectivity index (χ0) is 19.0. The molecule has 0 spiro atoms. The molecule has 1 aromatic heterocycles. The second kappa shape index (κ2) is 6.86. The molecular formula is C18H17F3N2O3. The van der Waals surface area contributed by atoms with E-state index in [1.165, 1.54) is 0 Å². The largest absolute Gasteiger partial charge is 0.452 e. The van der Waals surface area contributed by atoms with Gasteiger partial charge in [-0.25, -0.2) is 18.0 Å². The average molecular weight is 366 g/mol. The van der Waals surface area contributed by atoms with E-state index in [0.717, 1.165) is 30.3 Å². The number of aryl methyl sites for hydroxylation is 1. The van der Waals surface area contributed by atoms with Crippen LogP contribution in [0.3, 0.4) is 0 Å². The molecule has 1 aromatic carbocycles. The maximum atomic E-state index is 13.5. The topological polar surface area (TPSA) is 60.3 Å². The van der Waals surface area contributed by atoms with Gasteiger partial charge in [-0.1, -0.05) is 0 Å². The van der Waals surface area contributed by atoms with Crippen molar-refractivity contribution in [3.63, 3.8) is 0 Å². The Hall–Kier alpha value is -2.77. The number of carbonyl (C=O) groups excluding carboxylic acids is 2. The quantitative estimate of drug-likeness (QED) is 0.649. The minimum Gasteiger partial charge on any atom is -0.452 e. The lowest BCUT2D eigenvalue weighted by atomic mass is 10.2. The van der Waals surface area contributed by atoms with Crippen molar-refractivity contribution in [1.29, 1.82) is 0 Å². The SMILES string of the molecule is Cc1cc(C(=O)OCC(=O)Nc2ccc(F)c(F)c2F)c(C)n1C1CC1. The van der Waals surface area contributed by atoms with E-state index < -0.39 is 41.6 Å². The van der Waals surface area contributed by atoms with Crippen LogP contribution >= 0.6 is 0 Å². The molecule has 138 valence electrons. The highest BCUT2D eigenvalue weighted by Gasteiger charge is 2.29. The molecule has 0 atom stereocenters. The van der Waals surface area contributed by atoms with Gasteiger partial charge < -0.3 is 14.6 Å². The highest BCUT2D eigenvalue weighted by atomic mass is 19.2. The number of carbonyl (C=O) groups is 2. The van der Waals surface area contributed by atoms with Crippen LogP contribution in [0.25, 0.3) is 0 Å². The van der Waals surface area contributed by atoms with Crippen LogP contribution in [-0.4, -0.2) is 23.1 Å². The van der Waals surface area contributed by atoms with E-state index >= 15 is 0 Å². The van der Waals surface area contributed by atoms with Crippen molar-refractivity contribution in [2.75, 3.05) is 11.9 Å². The molecule has 0 unspecified atom stereocenters. The number of esters is 1. The van der Waals surface area contributed by atoms with Gasteiger partial charge in [0.1, 0.15) is 0 Å². The van der Waals surface area contributed by atoms with Crippen molar-refractivity contribution in [3.8, 4) is 0 Å². The van der Waals surface area contributed by atoms with Crippen LogP contribution in [-0.2, 0) is 9.53 Å². The zero-order valence-electron chi connectivity index (χ0n) is 14.2. The van der Waals surface area contributed by atoms with Gasteiger partial charge in [0.05, 0.1) is 11.3 Å². The van der Waals surface area contributed by atoms with Crippen LogP contribution in [0.15, 0.2) is 18.2 Å². The van der Waals surface area contributed by atoms with Gasteiger partial charge in [-0.3, -0.25) is 4.79 Å². The van der Waals surface area contributed by atoms with Crippen molar-refractivity contribution < 1.29 is 27.5 Å². The molecule has 26 heavy (non-hydrogen) atoms. The normalized spacial score (nSPS) is 13.6. The predicted molar refractivity (Wildman–Crippen MR) is 87.4 cm³/mol. The fourth-order valence-electron chi connectivity index (χ4n) is 2.90. The van der Waals surface area contributed by atoms with Gasteiger partial charge in [0.15, 0.2) is 24.1 Å². The van der Waals surface area contributed by atoms with Gasteiger partial charge in [0, 0.05) is 17.4 Å². The smallest absolute Gasteiger partial charge is 0.340 e. The summed E-state index contributed by atoms with van der Waals surface area (Å²) in [5.41, 5.74) is 1.53. The fraction of sp³-hybridized carbons (Fsp3) is 0.333. The number of benzene rings is 1. The van der Waals surface area contributed by atoms with Crippen LogP contribution in [0.2, 0.25) is 0 Å². The Morgan fingerprint density at radius 2 is 1.88 bits per heavy atom.